The summed E-state index contributed by atoms with van der Waals surface area (Å²) in [6, 6.07) is 3.69. The second-order valence-corrected chi connectivity index (χ2v) is 5.05. The lowest BCUT2D eigenvalue weighted by atomic mass is 10.1. The molecule has 0 saturated heterocycles. The molecule has 0 radical (unpaired) electrons. The van der Waals surface area contributed by atoms with Crippen LogP contribution in [-0.2, 0) is 9.63 Å². The van der Waals surface area contributed by atoms with Gasteiger partial charge in [-0.05, 0) is 19.1 Å². The first-order valence-corrected chi connectivity index (χ1v) is 6.16. The molecule has 1 aliphatic rings. The van der Waals surface area contributed by atoms with E-state index >= 15 is 0 Å². The molecule has 0 saturated carbocycles. The van der Waals surface area contributed by atoms with Crippen molar-refractivity contribution in [3.8, 4) is 0 Å². The molecule has 0 unspecified atom stereocenters. The number of nitrogens with zero attached hydrogens (tertiary/aromatic N) is 1. The maximum Gasteiger partial charge on any atom is 0.264 e. The van der Waals surface area contributed by atoms with Crippen molar-refractivity contribution < 1.29 is 9.63 Å². The van der Waals surface area contributed by atoms with Crippen LogP contribution in [-0.4, -0.2) is 24.3 Å². The van der Waals surface area contributed by atoms with Gasteiger partial charge in [-0.25, -0.2) is 0 Å². The molecule has 86 valence electrons. The van der Waals surface area contributed by atoms with Crippen LogP contribution in [0.15, 0.2) is 17.3 Å². The molecular formula is C10H11ClN2O2S. The van der Waals surface area contributed by atoms with Gasteiger partial charge >= 0.3 is 0 Å². The van der Waals surface area contributed by atoms with Crippen molar-refractivity contribution in [3.63, 3.8) is 0 Å². The van der Waals surface area contributed by atoms with Gasteiger partial charge in [0.25, 0.3) is 5.91 Å². The van der Waals surface area contributed by atoms with Gasteiger partial charge in [0.15, 0.2) is 0 Å². The van der Waals surface area contributed by atoms with Gasteiger partial charge in [-0.2, -0.15) is 0 Å². The summed E-state index contributed by atoms with van der Waals surface area (Å²) in [5.41, 5.74) is 0.785. The molecule has 1 aliphatic heterocycles. The van der Waals surface area contributed by atoms with Crippen molar-refractivity contribution in [1.82, 2.24) is 5.32 Å². The van der Waals surface area contributed by atoms with Crippen LogP contribution < -0.4 is 5.32 Å². The average molecular weight is 259 g/mol. The maximum absolute atomic E-state index is 11.5. The van der Waals surface area contributed by atoms with E-state index in [1.807, 2.05) is 19.1 Å². The summed E-state index contributed by atoms with van der Waals surface area (Å²) >= 11 is 7.27. The molecule has 1 N–H and O–H groups in total. The van der Waals surface area contributed by atoms with Crippen LogP contribution in [0.5, 0.6) is 0 Å². The Balaban J connectivity index is 1.99. The average Bonchev–Trinajstić information content (AvgIpc) is 2.85. The van der Waals surface area contributed by atoms with Crippen molar-refractivity contribution in [2.75, 3.05) is 6.54 Å². The molecule has 0 aliphatic carbocycles. The van der Waals surface area contributed by atoms with Gasteiger partial charge in [0.05, 0.1) is 9.21 Å². The first kappa shape index (κ1) is 11.4. The molecule has 1 aromatic heterocycles. The first-order valence-electron chi connectivity index (χ1n) is 4.97. The molecule has 4 nitrogen and oxygen atoms in total. The molecular weight excluding hydrogens is 248 g/mol. The number of carbonyl (C=O) groups excluding carboxylic acids is 1. The Morgan fingerprint density at radius 3 is 3.19 bits per heavy atom. The van der Waals surface area contributed by atoms with Crippen LogP contribution >= 0.6 is 22.9 Å². The molecule has 16 heavy (non-hydrogen) atoms. The molecule has 6 heteroatoms. The Morgan fingerprint density at radius 1 is 1.75 bits per heavy atom. The summed E-state index contributed by atoms with van der Waals surface area (Å²) in [5, 5.41) is 6.62. The van der Waals surface area contributed by atoms with Gasteiger partial charge in [0.2, 0.25) is 6.10 Å². The number of rotatable bonds is 3. The standard InChI is InChI=1S/C10H11ClN2O2S/c1-2-12-10(14)7-5-6(13-15-7)8-3-4-9(11)16-8/h3-4,7H,2,5H2,1H3,(H,12,14)/t7-/m0/s1. The fourth-order valence-corrected chi connectivity index (χ4v) is 2.45. The van der Waals surface area contributed by atoms with Crippen LogP contribution in [0.2, 0.25) is 4.34 Å². The van der Waals surface area contributed by atoms with E-state index in [1.54, 1.807) is 0 Å². The van der Waals surface area contributed by atoms with Gasteiger partial charge in [0, 0.05) is 13.0 Å². The van der Waals surface area contributed by atoms with Crippen LogP contribution in [0, 0.1) is 0 Å². The minimum Gasteiger partial charge on any atom is -0.382 e. The Bertz CT molecular complexity index is 430. The second-order valence-electron chi connectivity index (χ2n) is 3.33. The molecule has 1 amide bonds. The van der Waals surface area contributed by atoms with Gasteiger partial charge < -0.3 is 10.2 Å². The number of likely N-dealkylation sites (N-methyl/N-ethyl adjacent to an activating group) is 1. The zero-order chi connectivity index (χ0) is 11.5. The summed E-state index contributed by atoms with van der Waals surface area (Å²) in [4.78, 5) is 17.5. The summed E-state index contributed by atoms with van der Waals surface area (Å²) in [6.07, 6.45) is -0.00121. The van der Waals surface area contributed by atoms with Crippen molar-refractivity contribution in [2.45, 2.75) is 19.4 Å². The zero-order valence-corrected chi connectivity index (χ0v) is 10.3. The first-order chi connectivity index (χ1) is 7.70. The molecule has 2 heterocycles. The maximum atomic E-state index is 11.5. The molecule has 0 spiro atoms. The van der Waals surface area contributed by atoms with E-state index < -0.39 is 6.10 Å². The van der Waals surface area contributed by atoms with Crippen molar-refractivity contribution in [2.24, 2.45) is 5.16 Å². The van der Waals surface area contributed by atoms with Crippen molar-refractivity contribution >= 4 is 34.6 Å². The smallest absolute Gasteiger partial charge is 0.264 e. The molecule has 0 bridgehead atoms. The number of nitrogens with one attached hydrogen (secondary N) is 1. The third-order valence-corrected chi connectivity index (χ3v) is 3.45. The second kappa shape index (κ2) is 4.84. The van der Waals surface area contributed by atoms with E-state index in [0.717, 1.165) is 10.6 Å². The summed E-state index contributed by atoms with van der Waals surface area (Å²) in [6.45, 7) is 2.46. The SMILES string of the molecule is CCNC(=O)[C@@H]1CC(c2ccc(Cl)s2)=NO1. The van der Waals surface area contributed by atoms with Crippen LogP contribution in [0.4, 0.5) is 0 Å². The molecule has 1 aromatic rings. The third-order valence-electron chi connectivity index (χ3n) is 2.17. The van der Waals surface area contributed by atoms with Crippen LogP contribution in [0.3, 0.4) is 0 Å². The molecule has 1 atom stereocenters. The number of carbonyl (C=O) groups is 1. The highest BCUT2D eigenvalue weighted by molar-refractivity contribution is 7.18. The van der Waals surface area contributed by atoms with Gasteiger partial charge in [-0.15, -0.1) is 11.3 Å². The Hall–Kier alpha value is -1.07. The highest BCUT2D eigenvalue weighted by atomic mass is 35.5. The number of hydrogen-bond donors (Lipinski definition) is 1. The highest BCUT2D eigenvalue weighted by Crippen LogP contribution is 2.26. The molecule has 0 fully saturated rings. The van der Waals surface area contributed by atoms with Crippen molar-refractivity contribution in [3.05, 3.63) is 21.3 Å². The van der Waals surface area contributed by atoms with E-state index in [9.17, 15) is 4.79 Å². The number of thiophene rings is 1. The van der Waals surface area contributed by atoms with Crippen LogP contribution in [0.25, 0.3) is 0 Å². The molecule has 0 aromatic carbocycles. The highest BCUT2D eigenvalue weighted by Gasteiger charge is 2.28. The monoisotopic (exact) mass is 258 g/mol. The number of halogens is 1. The fraction of sp³-hybridized carbons (Fsp3) is 0.400. The zero-order valence-electron chi connectivity index (χ0n) is 8.70. The minimum absolute atomic E-state index is 0.121. The predicted molar refractivity (Wildman–Crippen MR) is 64.0 cm³/mol. The third kappa shape index (κ3) is 2.36. The van der Waals surface area contributed by atoms with Crippen molar-refractivity contribution in [1.29, 1.82) is 0 Å². The van der Waals surface area contributed by atoms with Gasteiger partial charge in [-0.1, -0.05) is 16.8 Å². The predicted octanol–water partition coefficient (Wildman–Crippen LogP) is 2.03. The van der Waals surface area contributed by atoms with E-state index in [-0.39, 0.29) is 5.91 Å². The van der Waals surface area contributed by atoms with E-state index in [1.165, 1.54) is 11.3 Å². The fourth-order valence-electron chi connectivity index (χ4n) is 1.42. The van der Waals surface area contributed by atoms with Crippen LogP contribution in [0.1, 0.15) is 18.2 Å². The van der Waals surface area contributed by atoms with Gasteiger partial charge in [-0.3, -0.25) is 4.79 Å². The lowest BCUT2D eigenvalue weighted by Gasteiger charge is -2.06. The molecule has 2 rings (SSSR count). The number of oxime groups is 1. The summed E-state index contributed by atoms with van der Waals surface area (Å²) in [7, 11) is 0. The van der Waals surface area contributed by atoms with E-state index in [0.29, 0.717) is 17.3 Å². The Kier molecular flexibility index (Phi) is 3.46. The largest absolute Gasteiger partial charge is 0.382 e. The minimum atomic E-state index is -0.504. The van der Waals surface area contributed by atoms with E-state index in [2.05, 4.69) is 10.5 Å². The number of hydrogen-bond acceptors (Lipinski definition) is 4. The summed E-state index contributed by atoms with van der Waals surface area (Å²) < 4.78 is 0.708. The quantitative estimate of drug-likeness (QED) is 0.902. The lowest BCUT2D eigenvalue weighted by Crippen LogP contribution is -2.34. The lowest BCUT2D eigenvalue weighted by molar-refractivity contribution is -0.131. The normalized spacial score (nSPS) is 19.1. The number of amides is 1. The topological polar surface area (TPSA) is 50.7 Å². The Labute approximate surface area is 102 Å². The van der Waals surface area contributed by atoms with E-state index in [4.69, 9.17) is 16.4 Å². The Morgan fingerprint density at radius 2 is 2.56 bits per heavy atom. The van der Waals surface area contributed by atoms with Gasteiger partial charge in [0.1, 0.15) is 5.71 Å². The summed E-state index contributed by atoms with van der Waals surface area (Å²) in [5.74, 6) is -0.121.